The molecule has 0 aromatic carbocycles. The Bertz CT molecular complexity index is 242. The number of hydrogen-bond donors (Lipinski definition) is 2. The van der Waals surface area contributed by atoms with Gasteiger partial charge in [0.1, 0.15) is 0 Å². The summed E-state index contributed by atoms with van der Waals surface area (Å²) in [5, 5.41) is 6.49. The van der Waals surface area contributed by atoms with Gasteiger partial charge in [-0.2, -0.15) is 0 Å². The summed E-state index contributed by atoms with van der Waals surface area (Å²) in [4.78, 5) is 12.2. The molecular formula is C13H24N2O. The van der Waals surface area contributed by atoms with Gasteiger partial charge in [0, 0.05) is 13.1 Å². The molecule has 1 saturated heterocycles. The van der Waals surface area contributed by atoms with Crippen LogP contribution in [0.2, 0.25) is 0 Å². The minimum atomic E-state index is -0.123. The third kappa shape index (κ3) is 2.76. The van der Waals surface area contributed by atoms with E-state index < -0.39 is 0 Å². The SMILES string of the molecule is CCC1(C(=O)NCCC2CC2)CCCNC1. The normalized spacial score (nSPS) is 30.1. The highest BCUT2D eigenvalue weighted by Gasteiger charge is 2.37. The summed E-state index contributed by atoms with van der Waals surface area (Å²) in [5.74, 6) is 1.19. The quantitative estimate of drug-likeness (QED) is 0.746. The largest absolute Gasteiger partial charge is 0.356 e. The molecule has 2 rings (SSSR count). The Morgan fingerprint density at radius 1 is 1.50 bits per heavy atom. The molecule has 0 radical (unpaired) electrons. The van der Waals surface area contributed by atoms with Crippen molar-refractivity contribution in [3.63, 3.8) is 0 Å². The fraction of sp³-hybridized carbons (Fsp3) is 0.923. The lowest BCUT2D eigenvalue weighted by Gasteiger charge is -2.35. The van der Waals surface area contributed by atoms with Crippen LogP contribution in [0.1, 0.15) is 45.4 Å². The van der Waals surface area contributed by atoms with Crippen molar-refractivity contribution in [1.82, 2.24) is 10.6 Å². The molecule has 1 heterocycles. The van der Waals surface area contributed by atoms with E-state index in [1.807, 2.05) is 0 Å². The molecule has 2 aliphatic rings. The Morgan fingerprint density at radius 3 is 2.88 bits per heavy atom. The predicted octanol–water partition coefficient (Wildman–Crippen LogP) is 1.68. The van der Waals surface area contributed by atoms with Crippen LogP contribution < -0.4 is 10.6 Å². The highest BCUT2D eigenvalue weighted by molar-refractivity contribution is 5.83. The van der Waals surface area contributed by atoms with Crippen LogP contribution in [0.25, 0.3) is 0 Å². The van der Waals surface area contributed by atoms with Crippen LogP contribution in [0.5, 0.6) is 0 Å². The Hall–Kier alpha value is -0.570. The van der Waals surface area contributed by atoms with Crippen molar-refractivity contribution < 1.29 is 4.79 Å². The number of carbonyl (C=O) groups excluding carboxylic acids is 1. The topological polar surface area (TPSA) is 41.1 Å². The van der Waals surface area contributed by atoms with Crippen molar-refractivity contribution in [2.45, 2.75) is 45.4 Å². The molecule has 0 bridgehead atoms. The molecule has 0 aromatic rings. The number of nitrogens with one attached hydrogen (secondary N) is 2. The van der Waals surface area contributed by atoms with Crippen molar-refractivity contribution in [2.75, 3.05) is 19.6 Å². The fourth-order valence-corrected chi connectivity index (χ4v) is 2.61. The summed E-state index contributed by atoms with van der Waals surface area (Å²) in [5.41, 5.74) is -0.123. The minimum absolute atomic E-state index is 0.123. The van der Waals surface area contributed by atoms with Crippen LogP contribution in [-0.4, -0.2) is 25.5 Å². The number of rotatable bonds is 5. The monoisotopic (exact) mass is 224 g/mol. The summed E-state index contributed by atoms with van der Waals surface area (Å²) in [7, 11) is 0. The molecule has 1 unspecified atom stereocenters. The standard InChI is InChI=1S/C13H24N2O/c1-2-13(7-3-8-14-10-13)12(16)15-9-6-11-4-5-11/h11,14H,2-10H2,1H3,(H,15,16). The average molecular weight is 224 g/mol. The predicted molar refractivity (Wildman–Crippen MR) is 65.2 cm³/mol. The molecule has 0 spiro atoms. The molecule has 1 saturated carbocycles. The molecule has 2 fully saturated rings. The second-order valence-corrected chi connectivity index (χ2v) is 5.40. The van der Waals surface area contributed by atoms with Crippen molar-refractivity contribution in [3.05, 3.63) is 0 Å². The zero-order valence-corrected chi connectivity index (χ0v) is 10.3. The van der Waals surface area contributed by atoms with Gasteiger partial charge in [-0.15, -0.1) is 0 Å². The molecule has 3 nitrogen and oxygen atoms in total. The van der Waals surface area contributed by atoms with Gasteiger partial charge in [0.05, 0.1) is 5.41 Å². The molecule has 1 atom stereocenters. The zero-order valence-electron chi connectivity index (χ0n) is 10.3. The van der Waals surface area contributed by atoms with E-state index in [0.29, 0.717) is 0 Å². The maximum atomic E-state index is 12.2. The molecule has 3 heteroatoms. The summed E-state index contributed by atoms with van der Waals surface area (Å²) in [6, 6.07) is 0. The van der Waals surface area contributed by atoms with Gasteiger partial charge in [-0.25, -0.2) is 0 Å². The van der Waals surface area contributed by atoms with Crippen LogP contribution in [0.4, 0.5) is 0 Å². The summed E-state index contributed by atoms with van der Waals surface area (Å²) >= 11 is 0. The number of carbonyl (C=O) groups is 1. The number of amides is 1. The lowest BCUT2D eigenvalue weighted by atomic mass is 9.77. The molecular weight excluding hydrogens is 200 g/mol. The van der Waals surface area contributed by atoms with E-state index in [2.05, 4.69) is 17.6 Å². The summed E-state index contributed by atoms with van der Waals surface area (Å²) < 4.78 is 0. The van der Waals surface area contributed by atoms with E-state index in [-0.39, 0.29) is 11.3 Å². The lowest BCUT2D eigenvalue weighted by molar-refractivity contribution is -0.132. The van der Waals surface area contributed by atoms with Crippen molar-refractivity contribution >= 4 is 5.91 Å². The van der Waals surface area contributed by atoms with Gasteiger partial charge in [0.2, 0.25) is 5.91 Å². The first kappa shape index (κ1) is 11.9. The first-order valence-electron chi connectivity index (χ1n) is 6.76. The first-order valence-corrected chi connectivity index (χ1v) is 6.76. The molecule has 1 aliphatic carbocycles. The maximum Gasteiger partial charge on any atom is 0.227 e. The third-order valence-electron chi connectivity index (χ3n) is 4.17. The lowest BCUT2D eigenvalue weighted by Crippen LogP contribution is -2.50. The fourth-order valence-electron chi connectivity index (χ4n) is 2.61. The maximum absolute atomic E-state index is 12.2. The van der Waals surface area contributed by atoms with E-state index in [0.717, 1.165) is 44.8 Å². The van der Waals surface area contributed by atoms with E-state index in [1.165, 1.54) is 19.3 Å². The number of hydrogen-bond acceptors (Lipinski definition) is 2. The summed E-state index contributed by atoms with van der Waals surface area (Å²) in [6.07, 6.45) is 7.05. The van der Waals surface area contributed by atoms with Gasteiger partial charge >= 0.3 is 0 Å². The van der Waals surface area contributed by atoms with E-state index in [4.69, 9.17) is 0 Å². The van der Waals surface area contributed by atoms with Gasteiger partial charge in [0.15, 0.2) is 0 Å². The minimum Gasteiger partial charge on any atom is -0.356 e. The first-order chi connectivity index (χ1) is 7.77. The Morgan fingerprint density at radius 2 is 2.31 bits per heavy atom. The Balaban J connectivity index is 1.79. The molecule has 2 N–H and O–H groups in total. The van der Waals surface area contributed by atoms with Crippen LogP contribution in [0.3, 0.4) is 0 Å². The van der Waals surface area contributed by atoms with Gasteiger partial charge in [-0.3, -0.25) is 4.79 Å². The van der Waals surface area contributed by atoms with Crippen molar-refractivity contribution in [3.8, 4) is 0 Å². The van der Waals surface area contributed by atoms with Crippen molar-refractivity contribution in [1.29, 1.82) is 0 Å². The molecule has 92 valence electrons. The smallest absolute Gasteiger partial charge is 0.227 e. The molecule has 1 aliphatic heterocycles. The molecule has 1 amide bonds. The van der Waals surface area contributed by atoms with Gasteiger partial charge in [0.25, 0.3) is 0 Å². The van der Waals surface area contributed by atoms with Gasteiger partial charge in [-0.05, 0) is 38.1 Å². The Kier molecular flexibility index (Phi) is 3.85. The van der Waals surface area contributed by atoms with E-state index in [1.54, 1.807) is 0 Å². The number of piperidine rings is 1. The van der Waals surface area contributed by atoms with Crippen LogP contribution in [0.15, 0.2) is 0 Å². The van der Waals surface area contributed by atoms with Crippen LogP contribution in [0, 0.1) is 11.3 Å². The highest BCUT2D eigenvalue weighted by atomic mass is 16.2. The molecule has 0 aromatic heterocycles. The zero-order chi connectivity index (χ0) is 11.4. The Labute approximate surface area is 98.4 Å². The highest BCUT2D eigenvalue weighted by Crippen LogP contribution is 2.32. The molecule has 16 heavy (non-hydrogen) atoms. The van der Waals surface area contributed by atoms with E-state index >= 15 is 0 Å². The van der Waals surface area contributed by atoms with Gasteiger partial charge in [-0.1, -0.05) is 19.8 Å². The van der Waals surface area contributed by atoms with Crippen molar-refractivity contribution in [2.24, 2.45) is 11.3 Å². The summed E-state index contributed by atoms with van der Waals surface area (Å²) in [6.45, 7) is 4.94. The van der Waals surface area contributed by atoms with Gasteiger partial charge < -0.3 is 10.6 Å². The van der Waals surface area contributed by atoms with E-state index in [9.17, 15) is 4.79 Å². The van der Waals surface area contributed by atoms with Crippen LogP contribution in [-0.2, 0) is 4.79 Å². The average Bonchev–Trinajstić information content (AvgIpc) is 3.14. The second kappa shape index (κ2) is 5.17. The van der Waals surface area contributed by atoms with Crippen LogP contribution >= 0.6 is 0 Å². The third-order valence-corrected chi connectivity index (χ3v) is 4.17. The second-order valence-electron chi connectivity index (χ2n) is 5.40.